The predicted molar refractivity (Wildman–Crippen MR) is 249 cm³/mol. The highest BCUT2D eigenvalue weighted by molar-refractivity contribution is 7.26. The van der Waals surface area contributed by atoms with Crippen LogP contribution in [0.15, 0.2) is 212 Å². The minimum Gasteiger partial charge on any atom is -0.309 e. The number of fused-ring (bicyclic) bond motifs is 6. The fourth-order valence-corrected chi connectivity index (χ4v) is 10.5. The number of thiophene rings is 2. The molecule has 0 saturated carbocycles. The lowest BCUT2D eigenvalue weighted by Gasteiger charge is -2.31. The zero-order valence-electron chi connectivity index (χ0n) is 31.0. The fourth-order valence-electron chi connectivity index (χ4n) is 8.31. The molecule has 0 aliphatic heterocycles. The van der Waals surface area contributed by atoms with Gasteiger partial charge in [-0.15, -0.1) is 22.7 Å². The van der Waals surface area contributed by atoms with Crippen LogP contribution in [-0.2, 0) is 0 Å². The number of hydrogen-bond donors (Lipinski definition) is 0. The summed E-state index contributed by atoms with van der Waals surface area (Å²) in [6, 6.07) is 77.8. The molecule has 2 heterocycles. The van der Waals surface area contributed by atoms with Crippen LogP contribution in [0.3, 0.4) is 0 Å². The van der Waals surface area contributed by atoms with Crippen molar-refractivity contribution in [3.8, 4) is 44.5 Å². The summed E-state index contributed by atoms with van der Waals surface area (Å²) >= 11 is 3.72. The van der Waals surface area contributed by atoms with Crippen LogP contribution in [0.1, 0.15) is 0 Å². The van der Waals surface area contributed by atoms with E-state index in [0.717, 1.165) is 17.1 Å². The van der Waals surface area contributed by atoms with E-state index >= 15 is 0 Å². The summed E-state index contributed by atoms with van der Waals surface area (Å²) < 4.78 is 5.23. The average molecular weight is 762 g/mol. The van der Waals surface area contributed by atoms with Crippen molar-refractivity contribution >= 4 is 80.1 Å². The highest BCUT2D eigenvalue weighted by Gasteiger charge is 2.23. The van der Waals surface area contributed by atoms with E-state index < -0.39 is 0 Å². The van der Waals surface area contributed by atoms with E-state index in [1.165, 1.54) is 84.9 Å². The first kappa shape index (κ1) is 33.5. The molecular weight excluding hydrogens is 727 g/mol. The first-order valence-electron chi connectivity index (χ1n) is 19.3. The highest BCUT2D eigenvalue weighted by atomic mass is 32.1. The van der Waals surface area contributed by atoms with Crippen LogP contribution < -0.4 is 4.90 Å². The van der Waals surface area contributed by atoms with Gasteiger partial charge in [-0.05, 0) is 94.0 Å². The van der Waals surface area contributed by atoms with Crippen LogP contribution in [0.5, 0.6) is 0 Å². The van der Waals surface area contributed by atoms with Gasteiger partial charge in [-0.2, -0.15) is 0 Å². The minimum atomic E-state index is 1.10. The molecule has 2 aromatic heterocycles. The van der Waals surface area contributed by atoms with E-state index in [4.69, 9.17) is 0 Å². The maximum Gasteiger partial charge on any atom is 0.0618 e. The van der Waals surface area contributed by atoms with Crippen LogP contribution >= 0.6 is 22.7 Å². The monoisotopic (exact) mass is 761 g/mol. The van der Waals surface area contributed by atoms with Crippen molar-refractivity contribution in [1.29, 1.82) is 0 Å². The Labute approximate surface area is 340 Å². The Morgan fingerprint density at radius 1 is 0.263 bits per heavy atom. The number of benzene rings is 9. The van der Waals surface area contributed by atoms with E-state index in [1.54, 1.807) is 0 Å². The Kier molecular flexibility index (Phi) is 8.28. The van der Waals surface area contributed by atoms with Crippen LogP contribution in [-0.4, -0.2) is 0 Å². The molecule has 0 bridgehead atoms. The summed E-state index contributed by atoms with van der Waals surface area (Å²) in [6.07, 6.45) is 0. The summed E-state index contributed by atoms with van der Waals surface area (Å²) in [7, 11) is 0. The zero-order chi connectivity index (χ0) is 37.7. The van der Waals surface area contributed by atoms with Crippen LogP contribution in [0.2, 0.25) is 0 Å². The van der Waals surface area contributed by atoms with Crippen molar-refractivity contribution in [2.24, 2.45) is 0 Å². The maximum atomic E-state index is 2.47. The smallest absolute Gasteiger partial charge is 0.0618 e. The van der Waals surface area contributed by atoms with E-state index in [0.29, 0.717) is 0 Å². The van der Waals surface area contributed by atoms with Crippen molar-refractivity contribution in [2.45, 2.75) is 0 Å². The van der Waals surface area contributed by atoms with Gasteiger partial charge in [-0.25, -0.2) is 0 Å². The Morgan fingerprint density at radius 2 is 0.632 bits per heavy atom. The van der Waals surface area contributed by atoms with E-state index in [-0.39, 0.29) is 0 Å². The molecule has 3 heteroatoms. The molecule has 0 aliphatic carbocycles. The summed E-state index contributed by atoms with van der Waals surface area (Å²) in [5, 5.41) is 5.19. The van der Waals surface area contributed by atoms with Crippen LogP contribution in [0.25, 0.3) is 84.9 Å². The molecule has 11 rings (SSSR count). The first-order chi connectivity index (χ1) is 28.2. The topological polar surface area (TPSA) is 3.24 Å². The summed E-state index contributed by atoms with van der Waals surface area (Å²) in [5.41, 5.74) is 12.9. The lowest BCUT2D eigenvalue weighted by molar-refractivity contribution is 1.28. The van der Waals surface area contributed by atoms with Gasteiger partial charge in [-0.3, -0.25) is 0 Å². The van der Waals surface area contributed by atoms with Crippen molar-refractivity contribution in [1.82, 2.24) is 0 Å². The highest BCUT2D eigenvalue weighted by Crippen LogP contribution is 2.49. The third kappa shape index (κ3) is 6.00. The Balaban J connectivity index is 1.17. The molecule has 268 valence electrons. The van der Waals surface area contributed by atoms with Gasteiger partial charge < -0.3 is 4.90 Å². The third-order valence-electron chi connectivity index (χ3n) is 11.1. The third-order valence-corrected chi connectivity index (χ3v) is 13.4. The standard InChI is InChI=1S/C54H35NS2/c1-3-12-36(13-4-1)38-22-28-42(29-23-38)55(43-30-24-39(25-31-43)37-14-5-2-6-15-37)54-44(40-26-32-52-48(34-40)46-16-7-9-20-50(46)56-52)18-11-19-45(54)41-27-33-53-49(35-41)47-17-8-10-21-51(47)57-53/h1-35H. The minimum absolute atomic E-state index is 1.10. The Hall–Kier alpha value is -6.78. The van der Waals surface area contributed by atoms with Crippen molar-refractivity contribution in [3.05, 3.63) is 212 Å². The van der Waals surface area contributed by atoms with Gasteiger partial charge in [0.1, 0.15) is 0 Å². The molecule has 0 saturated heterocycles. The predicted octanol–water partition coefficient (Wildman–Crippen LogP) is 16.6. The van der Waals surface area contributed by atoms with Gasteiger partial charge in [0.2, 0.25) is 0 Å². The Bertz CT molecular complexity index is 3000. The van der Waals surface area contributed by atoms with E-state index in [9.17, 15) is 0 Å². The van der Waals surface area contributed by atoms with Gasteiger partial charge in [0.05, 0.1) is 5.69 Å². The second-order valence-corrected chi connectivity index (χ2v) is 16.6. The molecule has 0 aliphatic rings. The lowest BCUT2D eigenvalue weighted by Crippen LogP contribution is -2.12. The molecule has 0 amide bonds. The first-order valence-corrected chi connectivity index (χ1v) is 21.0. The second-order valence-electron chi connectivity index (χ2n) is 14.5. The number of hydrogen-bond acceptors (Lipinski definition) is 3. The average Bonchev–Trinajstić information content (AvgIpc) is 3.85. The van der Waals surface area contributed by atoms with E-state index in [1.807, 2.05) is 22.7 Å². The molecule has 11 aromatic rings. The molecule has 0 unspecified atom stereocenters. The van der Waals surface area contributed by atoms with Crippen molar-refractivity contribution in [3.63, 3.8) is 0 Å². The van der Waals surface area contributed by atoms with Gasteiger partial charge in [0, 0.05) is 62.8 Å². The lowest BCUT2D eigenvalue weighted by atomic mass is 9.92. The molecule has 0 fully saturated rings. The van der Waals surface area contributed by atoms with Crippen molar-refractivity contribution in [2.75, 3.05) is 4.90 Å². The number of anilines is 3. The van der Waals surface area contributed by atoms with Gasteiger partial charge >= 0.3 is 0 Å². The molecule has 0 atom stereocenters. The molecule has 0 N–H and O–H groups in total. The summed E-state index contributed by atoms with van der Waals surface area (Å²) in [5.74, 6) is 0. The van der Waals surface area contributed by atoms with Crippen LogP contribution in [0.4, 0.5) is 17.1 Å². The summed E-state index contributed by atoms with van der Waals surface area (Å²) in [4.78, 5) is 2.47. The SMILES string of the molecule is c1ccc(-c2ccc(N(c3ccc(-c4ccccc4)cc3)c3c(-c4ccc5sc6ccccc6c5c4)cccc3-c3ccc4sc5ccccc5c4c3)cc2)cc1. The number of nitrogens with zero attached hydrogens (tertiary/aromatic N) is 1. The maximum absolute atomic E-state index is 2.47. The van der Waals surface area contributed by atoms with Gasteiger partial charge in [-0.1, -0.05) is 152 Å². The number of rotatable bonds is 7. The molecular formula is C54H35NS2. The van der Waals surface area contributed by atoms with Crippen molar-refractivity contribution < 1.29 is 0 Å². The molecule has 0 radical (unpaired) electrons. The molecule has 0 spiro atoms. The zero-order valence-corrected chi connectivity index (χ0v) is 32.6. The van der Waals surface area contributed by atoms with Gasteiger partial charge in [0.25, 0.3) is 0 Å². The summed E-state index contributed by atoms with van der Waals surface area (Å²) in [6.45, 7) is 0. The largest absolute Gasteiger partial charge is 0.309 e. The quantitative estimate of drug-likeness (QED) is 0.156. The second kappa shape index (κ2) is 14.1. The van der Waals surface area contributed by atoms with Crippen LogP contribution in [0, 0.1) is 0 Å². The fraction of sp³-hybridized carbons (Fsp3) is 0. The van der Waals surface area contributed by atoms with Gasteiger partial charge in [0.15, 0.2) is 0 Å². The normalized spacial score (nSPS) is 11.5. The molecule has 9 aromatic carbocycles. The molecule has 1 nitrogen and oxygen atoms in total. The molecule has 57 heavy (non-hydrogen) atoms. The Morgan fingerprint density at radius 3 is 1.09 bits per heavy atom. The van der Waals surface area contributed by atoms with E-state index in [2.05, 4.69) is 217 Å². The number of para-hydroxylation sites is 1.